The van der Waals surface area contributed by atoms with Crippen LogP contribution < -0.4 is 5.32 Å². The van der Waals surface area contributed by atoms with Gasteiger partial charge in [-0.1, -0.05) is 6.92 Å². The number of hydrogen-bond acceptors (Lipinski definition) is 2. The van der Waals surface area contributed by atoms with Gasteiger partial charge in [0.05, 0.1) is 5.69 Å². The number of aryl methyl sites for hydroxylation is 2. The Kier molecular flexibility index (Phi) is 4.73. The second-order valence-electron chi connectivity index (χ2n) is 5.30. The number of rotatable bonds is 5. The predicted octanol–water partition coefficient (Wildman–Crippen LogP) is 3.21. The molecule has 0 aliphatic rings. The van der Waals surface area contributed by atoms with Crippen molar-refractivity contribution in [2.24, 2.45) is 7.05 Å². The van der Waals surface area contributed by atoms with Crippen molar-refractivity contribution in [2.75, 3.05) is 6.54 Å². The maximum absolute atomic E-state index is 13.4. The highest BCUT2D eigenvalue weighted by atomic mass is 19.1. The summed E-state index contributed by atoms with van der Waals surface area (Å²) in [6.45, 7) is 6.75. The molecule has 1 N–H and O–H groups in total. The van der Waals surface area contributed by atoms with Crippen molar-refractivity contribution in [3.63, 3.8) is 0 Å². The normalized spacial score (nSPS) is 12.7. The lowest BCUT2D eigenvalue weighted by atomic mass is 9.97. The third kappa shape index (κ3) is 3.47. The summed E-state index contributed by atoms with van der Waals surface area (Å²) in [6, 6.07) is 3.65. The molecule has 114 valence electrons. The van der Waals surface area contributed by atoms with Gasteiger partial charge >= 0.3 is 0 Å². The van der Waals surface area contributed by atoms with E-state index in [0.717, 1.165) is 29.6 Å². The van der Waals surface area contributed by atoms with Crippen molar-refractivity contribution in [1.29, 1.82) is 0 Å². The zero-order valence-electron chi connectivity index (χ0n) is 12.9. The van der Waals surface area contributed by atoms with Crippen molar-refractivity contribution in [3.8, 4) is 0 Å². The van der Waals surface area contributed by atoms with Gasteiger partial charge in [-0.25, -0.2) is 8.78 Å². The highest BCUT2D eigenvalue weighted by Gasteiger charge is 2.20. The molecular weight excluding hydrogens is 272 g/mol. The van der Waals surface area contributed by atoms with Gasteiger partial charge in [-0.3, -0.25) is 4.68 Å². The first-order valence-electron chi connectivity index (χ1n) is 7.10. The van der Waals surface area contributed by atoms with Gasteiger partial charge in [-0.05, 0) is 44.5 Å². The fraction of sp³-hybridized carbons (Fsp3) is 0.438. The second-order valence-corrected chi connectivity index (χ2v) is 5.30. The van der Waals surface area contributed by atoms with Crippen LogP contribution in [0.4, 0.5) is 8.78 Å². The number of nitrogens with zero attached hydrogens (tertiary/aromatic N) is 2. The molecule has 0 radical (unpaired) electrons. The first-order chi connectivity index (χ1) is 9.92. The minimum absolute atomic E-state index is 0.00935. The molecule has 0 aliphatic carbocycles. The minimum Gasteiger partial charge on any atom is -0.310 e. The predicted molar refractivity (Wildman–Crippen MR) is 79.2 cm³/mol. The number of likely N-dealkylation sites (N-methyl/N-ethyl adjacent to an activating group) is 1. The van der Waals surface area contributed by atoms with Gasteiger partial charge in [0.25, 0.3) is 0 Å². The first kappa shape index (κ1) is 15.6. The molecule has 3 nitrogen and oxygen atoms in total. The van der Waals surface area contributed by atoms with Crippen LogP contribution in [0.1, 0.15) is 35.5 Å². The van der Waals surface area contributed by atoms with Crippen LogP contribution in [0.15, 0.2) is 18.2 Å². The highest BCUT2D eigenvalue weighted by Crippen LogP contribution is 2.25. The lowest BCUT2D eigenvalue weighted by Gasteiger charge is -2.19. The Morgan fingerprint density at radius 1 is 1.19 bits per heavy atom. The minimum atomic E-state index is -0.542. The van der Waals surface area contributed by atoms with E-state index in [2.05, 4.69) is 10.4 Å². The molecule has 1 heterocycles. The lowest BCUT2D eigenvalue weighted by molar-refractivity contribution is 0.534. The summed E-state index contributed by atoms with van der Waals surface area (Å²) in [4.78, 5) is 0. The highest BCUT2D eigenvalue weighted by molar-refractivity contribution is 5.31. The number of aromatic nitrogens is 2. The summed E-state index contributed by atoms with van der Waals surface area (Å²) in [6.07, 6.45) is 0.524. The Morgan fingerprint density at radius 3 is 2.29 bits per heavy atom. The zero-order valence-corrected chi connectivity index (χ0v) is 12.9. The number of nitrogens with one attached hydrogen (secondary N) is 1. The summed E-state index contributed by atoms with van der Waals surface area (Å²) in [5.41, 5.74) is 3.75. The SMILES string of the molecule is CCNC(Cc1cc(F)cc(F)c1)c1c(C)nn(C)c1C. The monoisotopic (exact) mass is 293 g/mol. The van der Waals surface area contributed by atoms with E-state index in [1.165, 1.54) is 12.1 Å². The van der Waals surface area contributed by atoms with Gasteiger partial charge in [-0.15, -0.1) is 0 Å². The van der Waals surface area contributed by atoms with Crippen LogP contribution in [0.2, 0.25) is 0 Å². The molecule has 0 saturated heterocycles. The third-order valence-electron chi connectivity index (χ3n) is 3.73. The molecule has 1 aromatic carbocycles. The van der Waals surface area contributed by atoms with Gasteiger partial charge in [0.2, 0.25) is 0 Å². The van der Waals surface area contributed by atoms with Crippen molar-refractivity contribution in [2.45, 2.75) is 33.2 Å². The molecule has 2 rings (SSSR count). The third-order valence-corrected chi connectivity index (χ3v) is 3.73. The van der Waals surface area contributed by atoms with E-state index in [0.29, 0.717) is 12.0 Å². The Labute approximate surface area is 124 Å². The molecule has 5 heteroatoms. The molecule has 0 fully saturated rings. The summed E-state index contributed by atoms with van der Waals surface area (Å²) in [5, 5.41) is 7.80. The van der Waals surface area contributed by atoms with Crippen LogP contribution in [-0.2, 0) is 13.5 Å². The Bertz CT molecular complexity index is 614. The number of benzene rings is 1. The fourth-order valence-corrected chi connectivity index (χ4v) is 2.78. The Hall–Kier alpha value is -1.75. The van der Waals surface area contributed by atoms with Crippen LogP contribution in [0, 0.1) is 25.5 Å². The maximum Gasteiger partial charge on any atom is 0.126 e. The van der Waals surface area contributed by atoms with Crippen LogP contribution in [0.25, 0.3) is 0 Å². The number of halogens is 2. The summed E-state index contributed by atoms with van der Waals surface area (Å²) in [5.74, 6) is -1.08. The average molecular weight is 293 g/mol. The molecule has 21 heavy (non-hydrogen) atoms. The lowest BCUT2D eigenvalue weighted by Crippen LogP contribution is -2.24. The van der Waals surface area contributed by atoms with E-state index in [1.807, 2.05) is 32.5 Å². The summed E-state index contributed by atoms with van der Waals surface area (Å²) < 4.78 is 28.5. The molecule has 1 unspecified atom stereocenters. The van der Waals surface area contributed by atoms with Crippen LogP contribution in [0.3, 0.4) is 0 Å². The van der Waals surface area contributed by atoms with E-state index in [9.17, 15) is 8.78 Å². The fourth-order valence-electron chi connectivity index (χ4n) is 2.78. The Balaban J connectivity index is 2.35. The second kappa shape index (κ2) is 6.35. The molecule has 0 aliphatic heterocycles. The smallest absolute Gasteiger partial charge is 0.126 e. The molecule has 0 bridgehead atoms. The molecule has 1 aromatic heterocycles. The van der Waals surface area contributed by atoms with Crippen molar-refractivity contribution in [3.05, 3.63) is 52.3 Å². The van der Waals surface area contributed by atoms with E-state index >= 15 is 0 Å². The summed E-state index contributed by atoms with van der Waals surface area (Å²) >= 11 is 0. The van der Waals surface area contributed by atoms with E-state index in [4.69, 9.17) is 0 Å². The largest absolute Gasteiger partial charge is 0.310 e. The van der Waals surface area contributed by atoms with Gasteiger partial charge in [0.1, 0.15) is 11.6 Å². The van der Waals surface area contributed by atoms with E-state index in [1.54, 1.807) is 0 Å². The van der Waals surface area contributed by atoms with E-state index in [-0.39, 0.29) is 6.04 Å². The van der Waals surface area contributed by atoms with Crippen LogP contribution in [-0.4, -0.2) is 16.3 Å². The van der Waals surface area contributed by atoms with Crippen LogP contribution in [0.5, 0.6) is 0 Å². The van der Waals surface area contributed by atoms with Crippen molar-refractivity contribution in [1.82, 2.24) is 15.1 Å². The molecule has 0 saturated carbocycles. The topological polar surface area (TPSA) is 29.9 Å². The molecule has 1 atom stereocenters. The van der Waals surface area contributed by atoms with E-state index < -0.39 is 11.6 Å². The van der Waals surface area contributed by atoms with Gasteiger partial charge in [-0.2, -0.15) is 5.10 Å². The standard InChI is InChI=1S/C16H21F2N3/c1-5-19-15(16-10(2)20-21(4)11(16)3)8-12-6-13(17)9-14(18)7-12/h6-7,9,15,19H,5,8H2,1-4H3. The molecule has 0 spiro atoms. The van der Waals surface area contributed by atoms with Gasteiger partial charge in [0.15, 0.2) is 0 Å². The summed E-state index contributed by atoms with van der Waals surface area (Å²) in [7, 11) is 1.90. The first-order valence-corrected chi connectivity index (χ1v) is 7.10. The molecular formula is C16H21F2N3. The van der Waals surface area contributed by atoms with Crippen molar-refractivity contribution >= 4 is 0 Å². The number of hydrogen-bond donors (Lipinski definition) is 1. The Morgan fingerprint density at radius 2 is 1.81 bits per heavy atom. The average Bonchev–Trinajstić information content (AvgIpc) is 2.61. The van der Waals surface area contributed by atoms with Gasteiger partial charge < -0.3 is 5.32 Å². The quantitative estimate of drug-likeness (QED) is 0.917. The zero-order chi connectivity index (χ0) is 15.6. The van der Waals surface area contributed by atoms with Gasteiger partial charge in [0, 0.05) is 30.4 Å². The molecule has 2 aromatic rings. The maximum atomic E-state index is 13.4. The molecule has 0 amide bonds. The van der Waals surface area contributed by atoms with Crippen molar-refractivity contribution < 1.29 is 8.78 Å². The van der Waals surface area contributed by atoms with Crippen LogP contribution >= 0.6 is 0 Å².